The molecule has 13 heteroatoms. The Balaban J connectivity index is 1.73. The molecule has 0 radical (unpaired) electrons. The topological polar surface area (TPSA) is 161 Å². The first-order chi connectivity index (χ1) is 23.3. The fourth-order valence-electron chi connectivity index (χ4n) is 6.79. The van der Waals surface area contributed by atoms with Crippen molar-refractivity contribution in [2.24, 2.45) is 17.8 Å². The smallest absolute Gasteiger partial charge is 0.251 e. The normalized spacial score (nSPS) is 18.3. The summed E-state index contributed by atoms with van der Waals surface area (Å²) >= 11 is 0. The Morgan fingerprint density at radius 1 is 1.08 bits per heavy atom. The van der Waals surface area contributed by atoms with Crippen LogP contribution in [0.5, 0.6) is 0 Å². The zero-order chi connectivity index (χ0) is 36.2. The number of nitrogens with zero attached hydrogens (tertiary/aromatic N) is 4. The Kier molecular flexibility index (Phi) is 15.1. The van der Waals surface area contributed by atoms with Crippen molar-refractivity contribution in [3.63, 3.8) is 0 Å². The lowest BCUT2D eigenvalue weighted by molar-refractivity contribution is -0.146. The number of carbonyl (C=O) groups excluding carboxylic acids is 4. The number of nitrogen functional groups attached to an aromatic ring is 1. The number of nitrogens with two attached hydrogens (primary N) is 1. The van der Waals surface area contributed by atoms with Crippen LogP contribution in [0.2, 0.25) is 0 Å². The van der Waals surface area contributed by atoms with Gasteiger partial charge in [-0.15, -0.1) is 0 Å². The number of rotatable bonds is 18. The maximum atomic E-state index is 14.1. The van der Waals surface area contributed by atoms with Gasteiger partial charge in [-0.25, -0.2) is 4.98 Å². The van der Waals surface area contributed by atoms with E-state index in [1.165, 1.54) is 0 Å². The third-order valence-corrected chi connectivity index (χ3v) is 9.88. The molecule has 3 rings (SSSR count). The van der Waals surface area contributed by atoms with Gasteiger partial charge >= 0.3 is 0 Å². The number of nitrogens with one attached hydrogen (secondary N) is 2. The standard InChI is InChI=1S/C36H57N7O6/c1-9-24(4)32(41(6)36(47)31(23(2)3)40-35(46)26-12-14-27(37)15-13-26)29(48-7)21-30(44)43-18-10-11-28(43)33(49-8)25(5)34(45)39-17-20-42-19-16-38-22-42/h12-16,19,22-25,28-29,31-33H,9-11,17-18,20-21,37H2,1-8H3,(H,39,45)(H,40,46)/t24-,25+,28-,29+,31-,32-,33+/m0/s1. The molecule has 1 aliphatic rings. The molecule has 1 aromatic carbocycles. The summed E-state index contributed by atoms with van der Waals surface area (Å²) in [6, 6.07) is 5.02. The van der Waals surface area contributed by atoms with Crippen LogP contribution >= 0.6 is 0 Å². The van der Waals surface area contributed by atoms with Gasteiger partial charge in [0.15, 0.2) is 0 Å². The number of hydrogen-bond donors (Lipinski definition) is 3. The Morgan fingerprint density at radius 3 is 2.35 bits per heavy atom. The Hall–Kier alpha value is -3.97. The van der Waals surface area contributed by atoms with E-state index in [2.05, 4.69) is 15.6 Å². The van der Waals surface area contributed by atoms with Crippen LogP contribution in [0.4, 0.5) is 5.69 Å². The van der Waals surface area contributed by atoms with Crippen molar-refractivity contribution in [1.29, 1.82) is 0 Å². The number of methoxy groups -OCH3 is 2. The lowest BCUT2D eigenvalue weighted by Crippen LogP contribution is -2.57. The minimum atomic E-state index is -0.798. The number of likely N-dealkylation sites (tertiary alicyclic amines) is 1. The van der Waals surface area contributed by atoms with Gasteiger partial charge in [0.05, 0.1) is 43.0 Å². The first-order valence-corrected chi connectivity index (χ1v) is 17.4. The molecule has 0 spiro atoms. The fourth-order valence-corrected chi connectivity index (χ4v) is 6.79. The van der Waals surface area contributed by atoms with Crippen LogP contribution in [-0.4, -0.2) is 108 Å². The molecule has 0 bridgehead atoms. The summed E-state index contributed by atoms with van der Waals surface area (Å²) in [7, 11) is 4.85. The molecule has 49 heavy (non-hydrogen) atoms. The molecule has 1 saturated heterocycles. The molecule has 1 aromatic heterocycles. The highest BCUT2D eigenvalue weighted by Gasteiger charge is 2.42. The number of aromatic nitrogens is 2. The van der Waals surface area contributed by atoms with Gasteiger partial charge in [0.2, 0.25) is 17.7 Å². The van der Waals surface area contributed by atoms with E-state index < -0.39 is 30.2 Å². The van der Waals surface area contributed by atoms with E-state index in [-0.39, 0.29) is 47.9 Å². The van der Waals surface area contributed by atoms with E-state index in [1.807, 2.05) is 50.3 Å². The molecule has 0 unspecified atom stereocenters. The molecule has 272 valence electrons. The minimum Gasteiger partial charge on any atom is -0.399 e. The minimum absolute atomic E-state index is 0.0144. The lowest BCUT2D eigenvalue weighted by Gasteiger charge is -2.40. The largest absolute Gasteiger partial charge is 0.399 e. The van der Waals surface area contributed by atoms with Gasteiger partial charge in [-0.05, 0) is 48.9 Å². The van der Waals surface area contributed by atoms with Gasteiger partial charge in [-0.1, -0.05) is 41.0 Å². The van der Waals surface area contributed by atoms with E-state index in [9.17, 15) is 19.2 Å². The highest BCUT2D eigenvalue weighted by Crippen LogP contribution is 2.29. The monoisotopic (exact) mass is 683 g/mol. The molecule has 2 heterocycles. The molecular weight excluding hydrogens is 626 g/mol. The van der Waals surface area contributed by atoms with Gasteiger partial charge in [0.25, 0.3) is 5.91 Å². The molecule has 1 aliphatic heterocycles. The number of benzene rings is 1. The number of likely N-dealkylation sites (N-methyl/N-ethyl adjacent to an activating group) is 1. The number of carbonyl (C=O) groups is 4. The highest BCUT2D eigenvalue weighted by molar-refractivity contribution is 5.98. The number of amides is 4. The molecular formula is C36H57N7O6. The third kappa shape index (κ3) is 10.3. The average Bonchev–Trinajstić information content (AvgIpc) is 3.79. The van der Waals surface area contributed by atoms with E-state index in [0.29, 0.717) is 37.3 Å². The van der Waals surface area contributed by atoms with Crippen molar-refractivity contribution in [2.45, 2.75) is 97.2 Å². The van der Waals surface area contributed by atoms with Crippen molar-refractivity contribution in [3.05, 3.63) is 48.5 Å². The van der Waals surface area contributed by atoms with E-state index in [0.717, 1.165) is 12.8 Å². The zero-order valence-electron chi connectivity index (χ0n) is 30.4. The van der Waals surface area contributed by atoms with Gasteiger partial charge < -0.3 is 40.2 Å². The summed E-state index contributed by atoms with van der Waals surface area (Å²) in [5, 5.41) is 5.90. The zero-order valence-corrected chi connectivity index (χ0v) is 30.4. The van der Waals surface area contributed by atoms with E-state index in [1.54, 1.807) is 63.0 Å². The van der Waals surface area contributed by atoms with Gasteiger partial charge in [-0.3, -0.25) is 19.2 Å². The average molecular weight is 684 g/mol. The Bertz CT molecular complexity index is 1350. The first-order valence-electron chi connectivity index (χ1n) is 17.4. The third-order valence-electron chi connectivity index (χ3n) is 9.88. The maximum absolute atomic E-state index is 14.1. The van der Waals surface area contributed by atoms with Gasteiger partial charge in [-0.2, -0.15) is 0 Å². The van der Waals surface area contributed by atoms with Crippen LogP contribution in [0, 0.1) is 17.8 Å². The van der Waals surface area contributed by atoms with Crippen LogP contribution < -0.4 is 16.4 Å². The predicted molar refractivity (Wildman–Crippen MR) is 188 cm³/mol. The van der Waals surface area contributed by atoms with Crippen LogP contribution in [0.25, 0.3) is 0 Å². The van der Waals surface area contributed by atoms with Crippen LogP contribution in [0.1, 0.15) is 70.7 Å². The van der Waals surface area contributed by atoms with Crippen molar-refractivity contribution >= 4 is 29.3 Å². The number of ether oxygens (including phenoxy) is 2. The molecule has 13 nitrogen and oxygen atoms in total. The second-order valence-corrected chi connectivity index (χ2v) is 13.5. The molecule has 7 atom stereocenters. The van der Waals surface area contributed by atoms with Crippen LogP contribution in [0.15, 0.2) is 43.0 Å². The summed E-state index contributed by atoms with van der Waals surface area (Å²) in [6.07, 6.45) is 6.43. The quantitative estimate of drug-likeness (QED) is 0.202. The summed E-state index contributed by atoms with van der Waals surface area (Å²) in [6.45, 7) is 11.3. The Morgan fingerprint density at radius 2 is 1.78 bits per heavy atom. The Labute approximate surface area is 291 Å². The summed E-state index contributed by atoms with van der Waals surface area (Å²) in [5.41, 5.74) is 6.73. The summed E-state index contributed by atoms with van der Waals surface area (Å²) in [4.78, 5) is 61.8. The lowest BCUT2D eigenvalue weighted by atomic mass is 9.89. The predicted octanol–water partition coefficient (Wildman–Crippen LogP) is 2.96. The molecule has 2 aromatic rings. The summed E-state index contributed by atoms with van der Waals surface area (Å²) in [5.74, 6) is -1.58. The second-order valence-electron chi connectivity index (χ2n) is 13.5. The highest BCUT2D eigenvalue weighted by atomic mass is 16.5. The molecule has 4 amide bonds. The molecule has 1 fully saturated rings. The van der Waals surface area contributed by atoms with Crippen LogP contribution in [-0.2, 0) is 30.4 Å². The fraction of sp³-hybridized carbons (Fsp3) is 0.639. The number of imidazole rings is 1. The molecule has 4 N–H and O–H groups in total. The number of anilines is 1. The molecule has 0 saturated carbocycles. The van der Waals surface area contributed by atoms with E-state index >= 15 is 0 Å². The van der Waals surface area contributed by atoms with Crippen molar-refractivity contribution in [2.75, 3.05) is 40.1 Å². The first kappa shape index (κ1) is 39.5. The van der Waals surface area contributed by atoms with E-state index in [4.69, 9.17) is 15.2 Å². The summed E-state index contributed by atoms with van der Waals surface area (Å²) < 4.78 is 13.7. The van der Waals surface area contributed by atoms with Crippen molar-refractivity contribution in [3.8, 4) is 0 Å². The number of hydrogen-bond acceptors (Lipinski definition) is 8. The second kappa shape index (κ2) is 18.7. The van der Waals surface area contributed by atoms with Crippen molar-refractivity contribution in [1.82, 2.24) is 30.0 Å². The van der Waals surface area contributed by atoms with Crippen molar-refractivity contribution < 1.29 is 28.7 Å². The van der Waals surface area contributed by atoms with Gasteiger partial charge in [0, 0.05) is 64.5 Å². The maximum Gasteiger partial charge on any atom is 0.251 e. The van der Waals surface area contributed by atoms with Crippen LogP contribution in [0.3, 0.4) is 0 Å². The SMILES string of the molecule is CC[C@H](C)[C@@H]([C@@H](CC(=O)N1CCC[C@H]1[C@H](OC)[C@@H](C)C(=O)NCCn1ccnc1)OC)N(C)C(=O)[C@@H](NC(=O)c1ccc(N)cc1)C(C)C. The van der Waals surface area contributed by atoms with Gasteiger partial charge in [0.1, 0.15) is 6.04 Å². The molecule has 0 aliphatic carbocycles.